The molecule has 0 saturated heterocycles. The summed E-state index contributed by atoms with van der Waals surface area (Å²) in [7, 11) is 0. The Morgan fingerprint density at radius 2 is 2.29 bits per heavy atom. The highest BCUT2D eigenvalue weighted by molar-refractivity contribution is 7.71. The minimum atomic E-state index is 0.548. The lowest BCUT2D eigenvalue weighted by Gasteiger charge is -2.23. The molecule has 1 saturated carbocycles. The van der Waals surface area contributed by atoms with Crippen LogP contribution in [0, 0.1) is 10.2 Å². The fraction of sp³-hybridized carbons (Fsp3) is 0.800. The molecular formula is C10H17N3S. The number of nitrogens with one attached hydrogen (secondary N) is 1. The van der Waals surface area contributed by atoms with Crippen molar-refractivity contribution in [2.75, 3.05) is 0 Å². The second-order valence-electron chi connectivity index (χ2n) is 4.62. The highest BCUT2D eigenvalue weighted by Crippen LogP contribution is 2.40. The SMILES string of the molecule is CC1(CCn2cn[nH]c2=S)CCCC1. The third-order valence-electron chi connectivity index (χ3n) is 3.39. The number of rotatable bonds is 3. The molecule has 1 heterocycles. The van der Waals surface area contributed by atoms with Crippen LogP contribution in [0.2, 0.25) is 0 Å². The molecule has 0 atom stereocenters. The van der Waals surface area contributed by atoms with Gasteiger partial charge in [0.15, 0.2) is 4.77 Å². The molecule has 1 aliphatic rings. The topological polar surface area (TPSA) is 33.6 Å². The van der Waals surface area contributed by atoms with Gasteiger partial charge in [0.25, 0.3) is 0 Å². The molecule has 2 rings (SSSR count). The summed E-state index contributed by atoms with van der Waals surface area (Å²) in [5.74, 6) is 0. The maximum atomic E-state index is 5.11. The predicted molar refractivity (Wildman–Crippen MR) is 58.6 cm³/mol. The Balaban J connectivity index is 1.94. The van der Waals surface area contributed by atoms with Crippen molar-refractivity contribution in [1.82, 2.24) is 14.8 Å². The van der Waals surface area contributed by atoms with E-state index in [1.807, 2.05) is 4.57 Å². The van der Waals surface area contributed by atoms with E-state index >= 15 is 0 Å². The van der Waals surface area contributed by atoms with Crippen molar-refractivity contribution in [1.29, 1.82) is 0 Å². The highest BCUT2D eigenvalue weighted by atomic mass is 32.1. The molecule has 0 amide bonds. The van der Waals surface area contributed by atoms with E-state index in [1.54, 1.807) is 6.33 Å². The lowest BCUT2D eigenvalue weighted by molar-refractivity contribution is 0.288. The van der Waals surface area contributed by atoms with Gasteiger partial charge in [-0.25, -0.2) is 0 Å². The Bertz CT molecular complexity index is 346. The summed E-state index contributed by atoms with van der Waals surface area (Å²) >= 11 is 5.11. The van der Waals surface area contributed by atoms with Gasteiger partial charge in [0.1, 0.15) is 6.33 Å². The molecule has 1 aliphatic carbocycles. The molecule has 1 aromatic heterocycles. The first-order chi connectivity index (χ1) is 6.70. The molecule has 0 radical (unpaired) electrons. The lowest BCUT2D eigenvalue weighted by atomic mass is 9.85. The van der Waals surface area contributed by atoms with Crippen LogP contribution >= 0.6 is 12.2 Å². The summed E-state index contributed by atoms with van der Waals surface area (Å²) < 4.78 is 2.77. The van der Waals surface area contributed by atoms with Crippen LogP contribution in [0.1, 0.15) is 39.0 Å². The smallest absolute Gasteiger partial charge is 0.194 e. The van der Waals surface area contributed by atoms with Crippen LogP contribution in [0.25, 0.3) is 0 Å². The monoisotopic (exact) mass is 211 g/mol. The molecule has 3 nitrogen and oxygen atoms in total. The fourth-order valence-corrected chi connectivity index (χ4v) is 2.49. The van der Waals surface area contributed by atoms with Crippen LogP contribution in [0.3, 0.4) is 0 Å². The van der Waals surface area contributed by atoms with E-state index in [-0.39, 0.29) is 0 Å². The van der Waals surface area contributed by atoms with Gasteiger partial charge in [-0.3, -0.25) is 5.10 Å². The number of aromatic amines is 1. The Labute approximate surface area is 89.5 Å². The van der Waals surface area contributed by atoms with Gasteiger partial charge >= 0.3 is 0 Å². The van der Waals surface area contributed by atoms with Crippen LogP contribution in [-0.2, 0) is 6.54 Å². The van der Waals surface area contributed by atoms with Crippen molar-refractivity contribution in [3.63, 3.8) is 0 Å². The van der Waals surface area contributed by atoms with E-state index in [0.717, 1.165) is 11.3 Å². The van der Waals surface area contributed by atoms with Crippen molar-refractivity contribution in [2.24, 2.45) is 5.41 Å². The Kier molecular flexibility index (Phi) is 2.72. The summed E-state index contributed by atoms with van der Waals surface area (Å²) in [4.78, 5) is 0. The van der Waals surface area contributed by atoms with Crippen LogP contribution < -0.4 is 0 Å². The van der Waals surface area contributed by atoms with Gasteiger partial charge in [-0.1, -0.05) is 19.8 Å². The van der Waals surface area contributed by atoms with E-state index < -0.39 is 0 Å². The Morgan fingerprint density at radius 1 is 1.57 bits per heavy atom. The molecule has 0 bridgehead atoms. The zero-order chi connectivity index (χ0) is 10.0. The molecule has 14 heavy (non-hydrogen) atoms. The number of aromatic nitrogens is 3. The highest BCUT2D eigenvalue weighted by Gasteiger charge is 2.27. The summed E-state index contributed by atoms with van der Waals surface area (Å²) in [6, 6.07) is 0. The zero-order valence-electron chi connectivity index (χ0n) is 8.62. The average molecular weight is 211 g/mol. The standard InChI is InChI=1S/C10H17N3S/c1-10(4-2-3-5-10)6-7-13-8-11-12-9(13)14/h8H,2-7H2,1H3,(H,12,14). The first-order valence-corrected chi connectivity index (χ1v) is 5.70. The maximum absolute atomic E-state index is 5.11. The van der Waals surface area contributed by atoms with Gasteiger partial charge in [0.2, 0.25) is 0 Å². The largest absolute Gasteiger partial charge is 0.307 e. The lowest BCUT2D eigenvalue weighted by Crippen LogP contribution is -2.14. The molecule has 0 aliphatic heterocycles. The van der Waals surface area contributed by atoms with Gasteiger partial charge < -0.3 is 4.57 Å². The van der Waals surface area contributed by atoms with Gasteiger partial charge in [0, 0.05) is 6.54 Å². The quantitative estimate of drug-likeness (QED) is 0.780. The fourth-order valence-electron chi connectivity index (χ4n) is 2.30. The van der Waals surface area contributed by atoms with Crippen molar-refractivity contribution in [3.05, 3.63) is 11.1 Å². The number of nitrogens with zero attached hydrogens (tertiary/aromatic N) is 2. The molecule has 0 spiro atoms. The second-order valence-corrected chi connectivity index (χ2v) is 5.01. The third kappa shape index (κ3) is 2.05. The molecule has 0 unspecified atom stereocenters. The van der Waals surface area contributed by atoms with Gasteiger partial charge in [0.05, 0.1) is 0 Å². The van der Waals surface area contributed by atoms with E-state index in [1.165, 1.54) is 32.1 Å². The summed E-state index contributed by atoms with van der Waals surface area (Å²) in [5.41, 5.74) is 0.548. The molecule has 4 heteroatoms. The van der Waals surface area contributed by atoms with E-state index in [0.29, 0.717) is 5.41 Å². The van der Waals surface area contributed by atoms with E-state index in [4.69, 9.17) is 12.2 Å². The Hall–Kier alpha value is -0.640. The maximum Gasteiger partial charge on any atom is 0.194 e. The van der Waals surface area contributed by atoms with Crippen LogP contribution in [0.15, 0.2) is 6.33 Å². The minimum Gasteiger partial charge on any atom is -0.307 e. The molecule has 0 aromatic carbocycles. The molecule has 1 fully saturated rings. The van der Waals surface area contributed by atoms with Crippen molar-refractivity contribution in [3.8, 4) is 0 Å². The molecule has 1 N–H and O–H groups in total. The summed E-state index contributed by atoms with van der Waals surface area (Å²) in [6.45, 7) is 3.40. The van der Waals surface area contributed by atoms with Gasteiger partial charge in [-0.2, -0.15) is 5.10 Å². The summed E-state index contributed by atoms with van der Waals surface area (Å²) in [5, 5.41) is 6.71. The van der Waals surface area contributed by atoms with E-state index in [9.17, 15) is 0 Å². The average Bonchev–Trinajstić information content (AvgIpc) is 2.73. The number of H-pyrrole nitrogens is 1. The van der Waals surface area contributed by atoms with Crippen LogP contribution in [0.5, 0.6) is 0 Å². The van der Waals surface area contributed by atoms with Gasteiger partial charge in [-0.15, -0.1) is 0 Å². The van der Waals surface area contributed by atoms with Crippen molar-refractivity contribution < 1.29 is 0 Å². The minimum absolute atomic E-state index is 0.548. The first-order valence-electron chi connectivity index (χ1n) is 5.29. The molecule has 1 aromatic rings. The second kappa shape index (κ2) is 3.85. The normalized spacial score (nSPS) is 20.1. The predicted octanol–water partition coefficient (Wildman–Crippen LogP) is 2.91. The number of hydrogen-bond donors (Lipinski definition) is 1. The Morgan fingerprint density at radius 3 is 2.86 bits per heavy atom. The van der Waals surface area contributed by atoms with Gasteiger partial charge in [-0.05, 0) is 36.9 Å². The summed E-state index contributed by atoms with van der Waals surface area (Å²) in [6.07, 6.45) is 8.55. The number of hydrogen-bond acceptors (Lipinski definition) is 2. The molecule has 78 valence electrons. The van der Waals surface area contributed by atoms with Crippen LogP contribution in [0.4, 0.5) is 0 Å². The number of aryl methyl sites for hydroxylation is 1. The third-order valence-corrected chi connectivity index (χ3v) is 3.71. The van der Waals surface area contributed by atoms with Crippen LogP contribution in [-0.4, -0.2) is 14.8 Å². The zero-order valence-corrected chi connectivity index (χ0v) is 9.44. The first kappa shape index (κ1) is 9.90. The van der Waals surface area contributed by atoms with Crippen molar-refractivity contribution >= 4 is 12.2 Å². The van der Waals surface area contributed by atoms with E-state index in [2.05, 4.69) is 17.1 Å². The van der Waals surface area contributed by atoms with Crippen molar-refractivity contribution in [2.45, 2.75) is 45.6 Å². The molecular weight excluding hydrogens is 194 g/mol.